The van der Waals surface area contributed by atoms with Gasteiger partial charge in [0.25, 0.3) is 0 Å². The van der Waals surface area contributed by atoms with Crippen molar-refractivity contribution >= 4 is 17.1 Å². The lowest BCUT2D eigenvalue weighted by Crippen LogP contribution is -2.51. The monoisotopic (exact) mass is 297 g/mol. The van der Waals surface area contributed by atoms with Crippen molar-refractivity contribution in [3.05, 3.63) is 12.5 Å². The molecule has 0 fully saturated rings. The topological polar surface area (TPSA) is 129 Å². The second kappa shape index (κ2) is 6.31. The Morgan fingerprint density at radius 1 is 1.48 bits per heavy atom. The Labute approximate surface area is 121 Å². The molecule has 2 heterocycles. The number of rotatable bonds is 7. The standard InChI is InChI=1S/C12H19N5O4/c1-8(19)12(4-18,5-20-2)21-7-17-6-15-9-3-14-11(13)16-10(9)17/h3,6,8,18-19H,4-5,7H2,1-2H3,(H2,13,14,16)/t8-,12+/m1/s1. The van der Waals surface area contributed by atoms with E-state index >= 15 is 0 Å². The number of aliphatic hydroxyl groups is 2. The van der Waals surface area contributed by atoms with E-state index in [1.165, 1.54) is 26.6 Å². The van der Waals surface area contributed by atoms with E-state index in [-0.39, 0.29) is 25.9 Å². The fraction of sp³-hybridized carbons (Fsp3) is 0.583. The summed E-state index contributed by atoms with van der Waals surface area (Å²) in [5, 5.41) is 19.4. The minimum atomic E-state index is -1.22. The highest BCUT2D eigenvalue weighted by atomic mass is 16.6. The van der Waals surface area contributed by atoms with Gasteiger partial charge in [0.15, 0.2) is 5.65 Å². The summed E-state index contributed by atoms with van der Waals surface area (Å²) in [4.78, 5) is 12.1. The van der Waals surface area contributed by atoms with Crippen LogP contribution in [0.1, 0.15) is 6.92 Å². The molecule has 0 bridgehead atoms. The maximum atomic E-state index is 9.84. The lowest BCUT2D eigenvalue weighted by atomic mass is 10.00. The van der Waals surface area contributed by atoms with Crippen LogP contribution in [0.15, 0.2) is 12.5 Å². The van der Waals surface area contributed by atoms with Crippen molar-refractivity contribution in [1.82, 2.24) is 19.5 Å². The van der Waals surface area contributed by atoms with Crippen molar-refractivity contribution in [3.8, 4) is 0 Å². The summed E-state index contributed by atoms with van der Waals surface area (Å²) < 4.78 is 12.3. The summed E-state index contributed by atoms with van der Waals surface area (Å²) >= 11 is 0. The molecular formula is C12H19N5O4. The molecule has 0 saturated carbocycles. The zero-order chi connectivity index (χ0) is 15.5. The molecule has 4 N–H and O–H groups in total. The number of aromatic nitrogens is 4. The molecule has 0 saturated heterocycles. The van der Waals surface area contributed by atoms with Gasteiger partial charge in [-0.05, 0) is 6.92 Å². The molecule has 2 aromatic rings. The molecule has 9 nitrogen and oxygen atoms in total. The van der Waals surface area contributed by atoms with E-state index in [9.17, 15) is 10.2 Å². The molecule has 0 aliphatic carbocycles. The fourth-order valence-corrected chi connectivity index (χ4v) is 1.91. The number of nitrogens with two attached hydrogens (primary N) is 1. The smallest absolute Gasteiger partial charge is 0.222 e. The fourth-order valence-electron chi connectivity index (χ4n) is 1.91. The summed E-state index contributed by atoms with van der Waals surface area (Å²) in [6.45, 7) is 1.22. The predicted molar refractivity (Wildman–Crippen MR) is 74.2 cm³/mol. The number of fused-ring (bicyclic) bond motifs is 1. The third-order valence-electron chi connectivity index (χ3n) is 3.29. The summed E-state index contributed by atoms with van der Waals surface area (Å²) in [7, 11) is 1.47. The molecule has 2 rings (SSSR count). The number of ether oxygens (including phenoxy) is 2. The Balaban J connectivity index is 2.21. The number of aliphatic hydroxyl groups excluding tert-OH is 2. The molecule has 9 heteroatoms. The van der Waals surface area contributed by atoms with Gasteiger partial charge in [0.05, 0.1) is 31.8 Å². The van der Waals surface area contributed by atoms with Crippen LogP contribution in [-0.2, 0) is 16.2 Å². The molecule has 2 aromatic heterocycles. The molecule has 116 valence electrons. The molecule has 0 aliphatic heterocycles. The third kappa shape index (κ3) is 3.10. The Morgan fingerprint density at radius 3 is 2.86 bits per heavy atom. The van der Waals surface area contributed by atoms with Crippen LogP contribution in [-0.4, -0.2) is 61.8 Å². The van der Waals surface area contributed by atoms with Crippen molar-refractivity contribution in [1.29, 1.82) is 0 Å². The largest absolute Gasteiger partial charge is 0.393 e. The van der Waals surface area contributed by atoms with Crippen LogP contribution in [0.25, 0.3) is 11.2 Å². The summed E-state index contributed by atoms with van der Waals surface area (Å²) in [6.07, 6.45) is 2.12. The van der Waals surface area contributed by atoms with Crippen LogP contribution < -0.4 is 5.73 Å². The van der Waals surface area contributed by atoms with E-state index in [4.69, 9.17) is 15.2 Å². The average molecular weight is 297 g/mol. The summed E-state index contributed by atoms with van der Waals surface area (Å²) in [5.74, 6) is 0.130. The number of imidazole rings is 1. The molecular weight excluding hydrogens is 278 g/mol. The third-order valence-corrected chi connectivity index (χ3v) is 3.29. The van der Waals surface area contributed by atoms with Gasteiger partial charge in [0.2, 0.25) is 5.95 Å². The number of hydrogen-bond donors (Lipinski definition) is 3. The van der Waals surface area contributed by atoms with E-state index < -0.39 is 11.7 Å². The molecule has 0 aliphatic rings. The first-order valence-corrected chi connectivity index (χ1v) is 6.37. The van der Waals surface area contributed by atoms with Crippen molar-refractivity contribution < 1.29 is 19.7 Å². The zero-order valence-electron chi connectivity index (χ0n) is 11.9. The van der Waals surface area contributed by atoms with E-state index in [1.807, 2.05) is 0 Å². The average Bonchev–Trinajstić information content (AvgIpc) is 2.85. The first-order chi connectivity index (χ1) is 10.0. The molecule has 0 radical (unpaired) electrons. The minimum Gasteiger partial charge on any atom is -0.393 e. The lowest BCUT2D eigenvalue weighted by molar-refractivity contribution is -0.186. The van der Waals surface area contributed by atoms with Gasteiger partial charge in [0, 0.05) is 7.11 Å². The molecule has 0 amide bonds. The van der Waals surface area contributed by atoms with Gasteiger partial charge < -0.3 is 25.4 Å². The molecule has 0 aromatic carbocycles. The van der Waals surface area contributed by atoms with Gasteiger partial charge in [-0.25, -0.2) is 9.97 Å². The van der Waals surface area contributed by atoms with E-state index in [1.54, 1.807) is 4.57 Å². The van der Waals surface area contributed by atoms with Crippen LogP contribution in [0.5, 0.6) is 0 Å². The minimum absolute atomic E-state index is 0.0295. The maximum absolute atomic E-state index is 9.84. The van der Waals surface area contributed by atoms with Crippen LogP contribution in [0.3, 0.4) is 0 Å². The SMILES string of the molecule is COC[C@](CO)(OCn1cnc2cnc(N)nc21)[C@@H](C)O. The maximum Gasteiger partial charge on any atom is 0.222 e. The molecule has 0 spiro atoms. The molecule has 2 atom stereocenters. The number of methoxy groups -OCH3 is 1. The van der Waals surface area contributed by atoms with Crippen LogP contribution in [0.4, 0.5) is 5.95 Å². The highest BCUT2D eigenvalue weighted by Crippen LogP contribution is 2.19. The Morgan fingerprint density at radius 2 is 2.24 bits per heavy atom. The number of anilines is 1. The van der Waals surface area contributed by atoms with E-state index in [0.29, 0.717) is 11.2 Å². The van der Waals surface area contributed by atoms with Crippen LogP contribution in [0, 0.1) is 0 Å². The van der Waals surface area contributed by atoms with Gasteiger partial charge >= 0.3 is 0 Å². The highest BCUT2D eigenvalue weighted by Gasteiger charge is 2.36. The zero-order valence-corrected chi connectivity index (χ0v) is 11.9. The van der Waals surface area contributed by atoms with Gasteiger partial charge in [-0.15, -0.1) is 0 Å². The number of nitrogens with zero attached hydrogens (tertiary/aromatic N) is 4. The summed E-state index contributed by atoms with van der Waals surface area (Å²) in [6, 6.07) is 0. The van der Waals surface area contributed by atoms with Gasteiger partial charge in [-0.1, -0.05) is 0 Å². The first-order valence-electron chi connectivity index (χ1n) is 6.37. The normalized spacial score (nSPS) is 16.0. The summed E-state index contributed by atoms with van der Waals surface area (Å²) in [5.41, 5.74) is 5.42. The van der Waals surface area contributed by atoms with Crippen LogP contribution >= 0.6 is 0 Å². The Kier molecular flexibility index (Phi) is 4.68. The van der Waals surface area contributed by atoms with Gasteiger partial charge in [-0.2, -0.15) is 4.98 Å². The van der Waals surface area contributed by atoms with E-state index in [0.717, 1.165) is 0 Å². The lowest BCUT2D eigenvalue weighted by Gasteiger charge is -2.34. The predicted octanol–water partition coefficient (Wildman–Crippen LogP) is -0.859. The molecule has 21 heavy (non-hydrogen) atoms. The van der Waals surface area contributed by atoms with Crippen LogP contribution in [0.2, 0.25) is 0 Å². The van der Waals surface area contributed by atoms with Gasteiger partial charge in [0.1, 0.15) is 17.8 Å². The number of nitrogen functional groups attached to an aromatic ring is 1. The Hall–Kier alpha value is -1.81. The van der Waals surface area contributed by atoms with Crippen molar-refractivity contribution in [2.75, 3.05) is 26.1 Å². The molecule has 0 unspecified atom stereocenters. The number of hydrogen-bond acceptors (Lipinski definition) is 8. The Bertz CT molecular complexity index is 602. The second-order valence-electron chi connectivity index (χ2n) is 4.76. The first kappa shape index (κ1) is 15.6. The van der Waals surface area contributed by atoms with E-state index in [2.05, 4.69) is 15.0 Å². The van der Waals surface area contributed by atoms with Crippen molar-refractivity contribution in [3.63, 3.8) is 0 Å². The highest BCUT2D eigenvalue weighted by molar-refractivity contribution is 5.70. The quantitative estimate of drug-likeness (QED) is 0.602. The van der Waals surface area contributed by atoms with Crippen molar-refractivity contribution in [2.45, 2.75) is 25.4 Å². The van der Waals surface area contributed by atoms with Gasteiger partial charge in [-0.3, -0.25) is 4.57 Å². The van der Waals surface area contributed by atoms with Crippen molar-refractivity contribution in [2.24, 2.45) is 0 Å². The second-order valence-corrected chi connectivity index (χ2v) is 4.76.